The summed E-state index contributed by atoms with van der Waals surface area (Å²) in [6.07, 6.45) is 0. The van der Waals surface area contributed by atoms with Gasteiger partial charge >= 0.3 is 0 Å². The number of hydrogen-bond donors (Lipinski definition) is 1. The van der Waals surface area contributed by atoms with Crippen LogP contribution in [-0.4, -0.2) is 15.8 Å². The van der Waals surface area contributed by atoms with E-state index in [1.165, 1.54) is 40.7 Å². The van der Waals surface area contributed by atoms with Crippen molar-refractivity contribution in [1.82, 2.24) is 4.98 Å². The summed E-state index contributed by atoms with van der Waals surface area (Å²) in [5.74, 6) is -0.546. The first-order valence-corrected chi connectivity index (χ1v) is 8.83. The van der Waals surface area contributed by atoms with Crippen LogP contribution in [0.2, 0.25) is 0 Å². The number of para-hydroxylation sites is 1. The lowest BCUT2D eigenvalue weighted by Crippen LogP contribution is -2.13. The molecule has 0 aliphatic heterocycles. The van der Waals surface area contributed by atoms with Gasteiger partial charge in [-0.3, -0.25) is 20.2 Å². The fourth-order valence-electron chi connectivity index (χ4n) is 2.68. The van der Waals surface area contributed by atoms with Gasteiger partial charge in [-0.15, -0.1) is 11.3 Å². The van der Waals surface area contributed by atoms with Crippen LogP contribution >= 0.6 is 11.3 Å². The van der Waals surface area contributed by atoms with Crippen molar-refractivity contribution in [3.05, 3.63) is 74.1 Å². The number of carbonyl (C=O) groups is 1. The summed E-state index contributed by atoms with van der Waals surface area (Å²) in [5.41, 5.74) is 5.05. The number of nitrogens with one attached hydrogen (secondary N) is 1. The minimum atomic E-state index is -0.569. The zero-order valence-corrected chi connectivity index (χ0v) is 15.4. The topological polar surface area (TPSA) is 85.1 Å². The maximum Gasteiger partial charge on any atom is 0.282 e. The molecular weight excluding hydrogens is 350 g/mol. The lowest BCUT2D eigenvalue weighted by molar-refractivity contribution is -0.385. The Bertz CT molecular complexity index is 1010. The van der Waals surface area contributed by atoms with Gasteiger partial charge in [0.25, 0.3) is 11.6 Å². The summed E-state index contributed by atoms with van der Waals surface area (Å²) in [7, 11) is 0. The number of nitrogens with zero attached hydrogens (tertiary/aromatic N) is 2. The molecule has 1 amide bonds. The van der Waals surface area contributed by atoms with E-state index in [0.29, 0.717) is 5.13 Å². The summed E-state index contributed by atoms with van der Waals surface area (Å²) < 4.78 is 0. The standard InChI is InChI=1S/C19H17N3O3S/c1-11-8-13(3)15(9-12(11)2)16-10-26-19(20-16)21-18(23)14-6-4-5-7-17(14)22(24)25/h4-10H,1-3H3,(H,20,21,23). The van der Waals surface area contributed by atoms with E-state index in [9.17, 15) is 14.9 Å². The second-order valence-corrected chi connectivity index (χ2v) is 6.88. The van der Waals surface area contributed by atoms with E-state index in [0.717, 1.165) is 16.8 Å². The van der Waals surface area contributed by atoms with Gasteiger partial charge in [0.05, 0.1) is 10.6 Å². The number of amides is 1. The Morgan fingerprint density at radius 3 is 2.54 bits per heavy atom. The van der Waals surface area contributed by atoms with Crippen LogP contribution in [0.3, 0.4) is 0 Å². The molecule has 0 spiro atoms. The molecule has 132 valence electrons. The van der Waals surface area contributed by atoms with Crippen molar-refractivity contribution in [3.63, 3.8) is 0 Å². The number of carbonyl (C=O) groups excluding carboxylic acids is 1. The van der Waals surface area contributed by atoms with E-state index < -0.39 is 10.8 Å². The largest absolute Gasteiger partial charge is 0.298 e. The first-order valence-electron chi connectivity index (χ1n) is 7.95. The van der Waals surface area contributed by atoms with Crippen LogP contribution in [0.4, 0.5) is 10.8 Å². The Hall–Kier alpha value is -3.06. The highest BCUT2D eigenvalue weighted by molar-refractivity contribution is 7.14. The minimum absolute atomic E-state index is 0.0108. The van der Waals surface area contributed by atoms with E-state index in [4.69, 9.17) is 0 Å². The predicted molar refractivity (Wildman–Crippen MR) is 103 cm³/mol. The average Bonchev–Trinajstić information content (AvgIpc) is 3.06. The molecular formula is C19H17N3O3S. The van der Waals surface area contributed by atoms with E-state index in [2.05, 4.69) is 29.4 Å². The van der Waals surface area contributed by atoms with Crippen LogP contribution in [0.5, 0.6) is 0 Å². The van der Waals surface area contributed by atoms with E-state index >= 15 is 0 Å². The molecule has 3 aromatic rings. The molecule has 0 radical (unpaired) electrons. The first-order chi connectivity index (χ1) is 12.4. The molecule has 26 heavy (non-hydrogen) atoms. The van der Waals surface area contributed by atoms with Gasteiger partial charge in [0.15, 0.2) is 5.13 Å². The van der Waals surface area contributed by atoms with Crippen LogP contribution in [0.15, 0.2) is 41.8 Å². The summed E-state index contributed by atoms with van der Waals surface area (Å²) in [5, 5.41) is 16.0. The van der Waals surface area contributed by atoms with Gasteiger partial charge in [0, 0.05) is 17.0 Å². The Kier molecular flexibility index (Phi) is 4.81. The van der Waals surface area contributed by atoms with Crippen LogP contribution in [0, 0.1) is 30.9 Å². The van der Waals surface area contributed by atoms with Gasteiger partial charge in [-0.2, -0.15) is 0 Å². The van der Waals surface area contributed by atoms with Crippen molar-refractivity contribution in [1.29, 1.82) is 0 Å². The van der Waals surface area contributed by atoms with Crippen molar-refractivity contribution in [2.24, 2.45) is 0 Å². The molecule has 2 aromatic carbocycles. The van der Waals surface area contributed by atoms with Gasteiger partial charge in [0.1, 0.15) is 5.56 Å². The summed E-state index contributed by atoms with van der Waals surface area (Å²) in [6, 6.07) is 10.0. The molecule has 1 N–H and O–H groups in total. The van der Waals surface area contributed by atoms with Gasteiger partial charge in [-0.1, -0.05) is 18.2 Å². The Labute approximate surface area is 154 Å². The molecule has 1 heterocycles. The average molecular weight is 367 g/mol. The summed E-state index contributed by atoms with van der Waals surface area (Å²) in [4.78, 5) is 27.4. The van der Waals surface area contributed by atoms with Crippen molar-refractivity contribution in [2.75, 3.05) is 5.32 Å². The number of benzene rings is 2. The van der Waals surface area contributed by atoms with Gasteiger partial charge in [-0.05, 0) is 49.6 Å². The lowest BCUT2D eigenvalue weighted by atomic mass is 9.99. The Morgan fingerprint density at radius 2 is 1.81 bits per heavy atom. The van der Waals surface area contributed by atoms with Crippen molar-refractivity contribution in [3.8, 4) is 11.3 Å². The van der Waals surface area contributed by atoms with E-state index in [1.807, 2.05) is 19.2 Å². The zero-order valence-electron chi connectivity index (χ0n) is 14.6. The highest BCUT2D eigenvalue weighted by Crippen LogP contribution is 2.30. The van der Waals surface area contributed by atoms with Crippen molar-refractivity contribution >= 4 is 28.1 Å². The molecule has 6 nitrogen and oxygen atoms in total. The van der Waals surface area contributed by atoms with Crippen LogP contribution < -0.4 is 5.32 Å². The van der Waals surface area contributed by atoms with Crippen LogP contribution in [-0.2, 0) is 0 Å². The maximum atomic E-state index is 12.4. The molecule has 3 rings (SSSR count). The molecule has 0 fully saturated rings. The molecule has 0 atom stereocenters. The van der Waals surface area contributed by atoms with Gasteiger partial charge in [-0.25, -0.2) is 4.98 Å². The molecule has 0 unspecified atom stereocenters. The Balaban J connectivity index is 1.87. The Morgan fingerprint density at radius 1 is 1.12 bits per heavy atom. The summed E-state index contributed by atoms with van der Waals surface area (Å²) >= 11 is 1.29. The number of hydrogen-bond acceptors (Lipinski definition) is 5. The number of nitro groups is 1. The van der Waals surface area contributed by atoms with Crippen molar-refractivity contribution < 1.29 is 9.72 Å². The second kappa shape index (κ2) is 7.05. The monoisotopic (exact) mass is 367 g/mol. The molecule has 0 saturated heterocycles. The molecule has 0 saturated carbocycles. The first kappa shape index (κ1) is 17.8. The quantitative estimate of drug-likeness (QED) is 0.525. The van der Waals surface area contributed by atoms with Crippen LogP contribution in [0.1, 0.15) is 27.0 Å². The highest BCUT2D eigenvalue weighted by Gasteiger charge is 2.20. The lowest BCUT2D eigenvalue weighted by Gasteiger charge is -2.07. The molecule has 7 heteroatoms. The number of thiazole rings is 1. The SMILES string of the molecule is Cc1cc(C)c(-c2csc(NC(=O)c3ccccc3[N+](=O)[O-])n2)cc1C. The van der Waals surface area contributed by atoms with E-state index in [1.54, 1.807) is 6.07 Å². The third-order valence-electron chi connectivity index (χ3n) is 4.19. The zero-order chi connectivity index (χ0) is 18.8. The maximum absolute atomic E-state index is 12.4. The number of rotatable bonds is 4. The molecule has 0 aliphatic carbocycles. The third kappa shape index (κ3) is 3.48. The fraction of sp³-hybridized carbons (Fsp3) is 0.158. The minimum Gasteiger partial charge on any atom is -0.298 e. The van der Waals surface area contributed by atoms with Gasteiger partial charge in [0.2, 0.25) is 0 Å². The predicted octanol–water partition coefficient (Wildman–Crippen LogP) is 4.90. The van der Waals surface area contributed by atoms with E-state index in [-0.39, 0.29) is 11.3 Å². The molecule has 0 bridgehead atoms. The van der Waals surface area contributed by atoms with Crippen LogP contribution in [0.25, 0.3) is 11.3 Å². The fourth-order valence-corrected chi connectivity index (χ4v) is 3.39. The highest BCUT2D eigenvalue weighted by atomic mass is 32.1. The number of anilines is 1. The number of nitro benzene ring substituents is 1. The number of aromatic nitrogens is 1. The summed E-state index contributed by atoms with van der Waals surface area (Å²) in [6.45, 7) is 6.13. The normalized spacial score (nSPS) is 10.6. The second-order valence-electron chi connectivity index (χ2n) is 6.02. The molecule has 1 aromatic heterocycles. The molecule has 0 aliphatic rings. The van der Waals surface area contributed by atoms with Gasteiger partial charge < -0.3 is 0 Å². The smallest absolute Gasteiger partial charge is 0.282 e. The third-order valence-corrected chi connectivity index (χ3v) is 4.94. The number of aryl methyl sites for hydroxylation is 3. The van der Waals surface area contributed by atoms with Crippen molar-refractivity contribution in [2.45, 2.75) is 20.8 Å².